The number of amides is 1. The molecule has 0 spiro atoms. The molecule has 1 aliphatic rings. The lowest BCUT2D eigenvalue weighted by Crippen LogP contribution is -2.41. The van der Waals surface area contributed by atoms with Gasteiger partial charge in [0, 0.05) is 5.75 Å². The van der Waals surface area contributed by atoms with Crippen molar-refractivity contribution in [3.8, 4) is 5.75 Å². The summed E-state index contributed by atoms with van der Waals surface area (Å²) in [5.41, 5.74) is 0.999. The van der Waals surface area contributed by atoms with Crippen molar-refractivity contribution in [1.82, 2.24) is 4.90 Å². The van der Waals surface area contributed by atoms with E-state index in [2.05, 4.69) is 0 Å². The Labute approximate surface area is 108 Å². The van der Waals surface area contributed by atoms with Crippen LogP contribution in [0.1, 0.15) is 15.9 Å². The van der Waals surface area contributed by atoms with Crippen molar-refractivity contribution in [2.45, 2.75) is 13.0 Å². The van der Waals surface area contributed by atoms with Crippen LogP contribution in [0.4, 0.5) is 0 Å². The standard InChI is InChI=1S/C12H13NO4S/c1-7-2-3-10(14)8(4-7)11(15)13-6-18-5-9(13)12(16)17/h2-4,9,14H,5-6H2,1H3,(H,16,17)/t9-/m0/s1. The molecule has 1 atom stereocenters. The summed E-state index contributed by atoms with van der Waals surface area (Å²) in [6, 6.07) is 3.89. The van der Waals surface area contributed by atoms with Crippen molar-refractivity contribution in [1.29, 1.82) is 0 Å². The zero-order valence-electron chi connectivity index (χ0n) is 9.79. The fraction of sp³-hybridized carbons (Fsp3) is 0.333. The number of nitrogens with zero attached hydrogens (tertiary/aromatic N) is 1. The maximum atomic E-state index is 12.2. The van der Waals surface area contributed by atoms with E-state index >= 15 is 0 Å². The summed E-state index contributed by atoms with van der Waals surface area (Å²) in [4.78, 5) is 24.5. The first-order valence-electron chi connectivity index (χ1n) is 5.42. The van der Waals surface area contributed by atoms with Gasteiger partial charge in [-0.1, -0.05) is 11.6 Å². The zero-order chi connectivity index (χ0) is 13.3. The Morgan fingerprint density at radius 3 is 2.83 bits per heavy atom. The first-order chi connectivity index (χ1) is 8.50. The molecule has 0 radical (unpaired) electrons. The van der Waals surface area contributed by atoms with Gasteiger partial charge in [-0.2, -0.15) is 0 Å². The van der Waals surface area contributed by atoms with Gasteiger partial charge in [-0.25, -0.2) is 4.79 Å². The van der Waals surface area contributed by atoms with Crippen molar-refractivity contribution >= 4 is 23.6 Å². The molecule has 1 aliphatic heterocycles. The minimum absolute atomic E-state index is 0.119. The van der Waals surface area contributed by atoms with Crippen molar-refractivity contribution in [2.24, 2.45) is 0 Å². The van der Waals surface area contributed by atoms with E-state index in [0.717, 1.165) is 5.56 Å². The second kappa shape index (κ2) is 4.89. The summed E-state index contributed by atoms with van der Waals surface area (Å²) in [7, 11) is 0. The second-order valence-corrected chi connectivity index (χ2v) is 5.15. The molecule has 1 saturated heterocycles. The molecule has 6 heteroatoms. The molecular formula is C12H13NO4S. The fourth-order valence-electron chi connectivity index (χ4n) is 1.82. The molecule has 2 N–H and O–H groups in total. The van der Waals surface area contributed by atoms with Crippen LogP contribution < -0.4 is 0 Å². The molecule has 96 valence electrons. The first kappa shape index (κ1) is 12.8. The summed E-state index contributed by atoms with van der Waals surface area (Å²) >= 11 is 1.39. The highest BCUT2D eigenvalue weighted by Crippen LogP contribution is 2.27. The van der Waals surface area contributed by atoms with Gasteiger partial charge in [-0.3, -0.25) is 4.79 Å². The van der Waals surface area contributed by atoms with Crippen molar-refractivity contribution < 1.29 is 19.8 Å². The van der Waals surface area contributed by atoms with E-state index < -0.39 is 17.9 Å². The molecule has 1 amide bonds. The zero-order valence-corrected chi connectivity index (χ0v) is 10.6. The fourth-order valence-corrected chi connectivity index (χ4v) is 2.97. The molecule has 2 rings (SSSR count). The lowest BCUT2D eigenvalue weighted by Gasteiger charge is -2.21. The molecule has 0 aliphatic carbocycles. The number of phenols is 1. The smallest absolute Gasteiger partial charge is 0.327 e. The molecule has 0 saturated carbocycles. The largest absolute Gasteiger partial charge is 0.507 e. The molecular weight excluding hydrogens is 254 g/mol. The van der Waals surface area contributed by atoms with Crippen molar-refractivity contribution in [3.05, 3.63) is 29.3 Å². The highest BCUT2D eigenvalue weighted by Gasteiger charge is 2.35. The molecule has 18 heavy (non-hydrogen) atoms. The van der Waals surface area contributed by atoms with E-state index in [1.165, 1.54) is 22.7 Å². The van der Waals surface area contributed by atoms with E-state index in [0.29, 0.717) is 11.6 Å². The van der Waals surface area contributed by atoms with Gasteiger partial charge in [-0.15, -0.1) is 11.8 Å². The highest BCUT2D eigenvalue weighted by atomic mass is 32.2. The van der Waals surface area contributed by atoms with Crippen molar-refractivity contribution in [2.75, 3.05) is 11.6 Å². The molecule has 1 fully saturated rings. The Hall–Kier alpha value is -1.69. The number of thioether (sulfide) groups is 1. The van der Waals surface area contributed by atoms with E-state index in [9.17, 15) is 14.7 Å². The van der Waals surface area contributed by atoms with Crippen LogP contribution in [0.15, 0.2) is 18.2 Å². The number of carbonyl (C=O) groups is 2. The number of aliphatic carboxylic acids is 1. The number of benzene rings is 1. The minimum atomic E-state index is -1.01. The number of carbonyl (C=O) groups excluding carboxylic acids is 1. The van der Waals surface area contributed by atoms with Crippen LogP contribution in [-0.2, 0) is 4.79 Å². The summed E-state index contributed by atoms with van der Waals surface area (Å²) in [6.45, 7) is 1.81. The van der Waals surface area contributed by atoms with Crippen LogP contribution in [0.5, 0.6) is 5.75 Å². The molecule has 5 nitrogen and oxygen atoms in total. The Morgan fingerprint density at radius 2 is 2.17 bits per heavy atom. The van der Waals surface area contributed by atoms with Crippen LogP contribution in [0.3, 0.4) is 0 Å². The average Bonchev–Trinajstić information content (AvgIpc) is 2.80. The topological polar surface area (TPSA) is 77.8 Å². The van der Waals surface area contributed by atoms with Gasteiger partial charge in [-0.05, 0) is 19.1 Å². The van der Waals surface area contributed by atoms with Crippen LogP contribution >= 0.6 is 11.8 Å². The van der Waals surface area contributed by atoms with Gasteiger partial charge in [0.2, 0.25) is 0 Å². The van der Waals surface area contributed by atoms with Gasteiger partial charge in [0.15, 0.2) is 0 Å². The summed E-state index contributed by atoms with van der Waals surface area (Å²) < 4.78 is 0. The monoisotopic (exact) mass is 267 g/mol. The number of carboxylic acids is 1. The number of carboxylic acid groups (broad SMARTS) is 1. The quantitative estimate of drug-likeness (QED) is 0.844. The molecule has 1 heterocycles. The molecule has 0 unspecified atom stereocenters. The maximum Gasteiger partial charge on any atom is 0.327 e. The Bertz CT molecular complexity index is 503. The summed E-state index contributed by atoms with van der Waals surface area (Å²) in [5, 5.41) is 18.7. The number of aromatic hydroxyl groups is 1. The molecule has 0 bridgehead atoms. The van der Waals surface area contributed by atoms with Gasteiger partial charge in [0.05, 0.1) is 11.4 Å². The number of rotatable bonds is 2. The van der Waals surface area contributed by atoms with Gasteiger partial charge in [0.25, 0.3) is 5.91 Å². The Kier molecular flexibility index (Phi) is 3.47. The molecule has 1 aromatic carbocycles. The van der Waals surface area contributed by atoms with Crippen LogP contribution in [0.25, 0.3) is 0 Å². The number of aryl methyl sites for hydroxylation is 1. The summed E-state index contributed by atoms with van der Waals surface area (Å²) in [6.07, 6.45) is 0. The third kappa shape index (κ3) is 2.28. The summed E-state index contributed by atoms with van der Waals surface area (Å²) in [5.74, 6) is -0.850. The van der Waals surface area contributed by atoms with Crippen molar-refractivity contribution in [3.63, 3.8) is 0 Å². The van der Waals surface area contributed by atoms with Gasteiger partial charge < -0.3 is 15.1 Å². The number of hydrogen-bond donors (Lipinski definition) is 2. The van der Waals surface area contributed by atoms with E-state index in [1.807, 2.05) is 6.92 Å². The molecule has 0 aromatic heterocycles. The lowest BCUT2D eigenvalue weighted by molar-refractivity contribution is -0.140. The van der Waals surface area contributed by atoms with E-state index in [4.69, 9.17) is 5.11 Å². The van der Waals surface area contributed by atoms with Gasteiger partial charge >= 0.3 is 5.97 Å². The number of phenolic OH excluding ortho intramolecular Hbond substituents is 1. The Balaban J connectivity index is 2.31. The first-order valence-corrected chi connectivity index (χ1v) is 6.57. The minimum Gasteiger partial charge on any atom is -0.507 e. The third-order valence-corrected chi connectivity index (χ3v) is 3.82. The Morgan fingerprint density at radius 1 is 1.44 bits per heavy atom. The lowest BCUT2D eigenvalue weighted by atomic mass is 10.1. The van der Waals surface area contributed by atoms with Crippen LogP contribution in [0, 0.1) is 6.92 Å². The molecule has 1 aromatic rings. The maximum absolute atomic E-state index is 12.2. The van der Waals surface area contributed by atoms with Crippen LogP contribution in [0.2, 0.25) is 0 Å². The predicted molar refractivity (Wildman–Crippen MR) is 67.8 cm³/mol. The van der Waals surface area contributed by atoms with E-state index in [1.54, 1.807) is 12.1 Å². The van der Waals surface area contributed by atoms with Crippen LogP contribution in [-0.4, -0.2) is 44.7 Å². The highest BCUT2D eigenvalue weighted by molar-refractivity contribution is 7.99. The number of hydrogen-bond acceptors (Lipinski definition) is 4. The normalized spacial score (nSPS) is 18.9. The van der Waals surface area contributed by atoms with E-state index in [-0.39, 0.29) is 11.3 Å². The average molecular weight is 267 g/mol. The third-order valence-electron chi connectivity index (χ3n) is 2.81. The SMILES string of the molecule is Cc1ccc(O)c(C(=O)N2CSC[C@H]2C(=O)O)c1. The predicted octanol–water partition coefficient (Wildman–Crippen LogP) is 1.30. The van der Waals surface area contributed by atoms with Gasteiger partial charge in [0.1, 0.15) is 11.8 Å². The second-order valence-electron chi connectivity index (χ2n) is 4.15.